The monoisotopic (exact) mass is 428 g/mol. The van der Waals surface area contributed by atoms with Gasteiger partial charge in [0.05, 0.1) is 11.8 Å². The van der Waals surface area contributed by atoms with Gasteiger partial charge in [-0.2, -0.15) is 0 Å². The van der Waals surface area contributed by atoms with E-state index >= 15 is 0 Å². The van der Waals surface area contributed by atoms with Crippen LogP contribution in [0.5, 0.6) is 0 Å². The highest BCUT2D eigenvalue weighted by Gasteiger charge is 2.21. The molecule has 1 atom stereocenters. The maximum atomic E-state index is 12.5. The van der Waals surface area contributed by atoms with Crippen molar-refractivity contribution in [3.8, 4) is 11.4 Å². The van der Waals surface area contributed by atoms with Crippen LogP contribution in [0.2, 0.25) is 0 Å². The summed E-state index contributed by atoms with van der Waals surface area (Å²) < 4.78 is 2.07. The summed E-state index contributed by atoms with van der Waals surface area (Å²) in [7, 11) is 0. The Morgan fingerprint density at radius 2 is 1.93 bits per heavy atom. The minimum Gasteiger partial charge on any atom is -0.350 e. The molecule has 1 amide bonds. The Labute approximate surface area is 180 Å². The summed E-state index contributed by atoms with van der Waals surface area (Å²) in [6, 6.07) is 12.5. The zero-order valence-corrected chi connectivity index (χ0v) is 19.2. The molecule has 0 saturated carbocycles. The Morgan fingerprint density at radius 3 is 2.52 bits per heavy atom. The number of nitrogens with one attached hydrogen (secondary N) is 1. The lowest BCUT2D eigenvalue weighted by molar-refractivity contribution is -0.120. The number of hydrogen-bond donors (Lipinski definition) is 1. The lowest BCUT2D eigenvalue weighted by atomic mass is 9.87. The van der Waals surface area contributed by atoms with Gasteiger partial charge >= 0.3 is 0 Å². The van der Waals surface area contributed by atoms with Gasteiger partial charge in [0.2, 0.25) is 5.91 Å². The minimum atomic E-state index is -0.249. The SMILES string of the molecule is CCn1c(SC(C)C(=O)NCc2cccs2)nnc1-c1ccc(C(C)(C)C)cc1. The van der Waals surface area contributed by atoms with Crippen molar-refractivity contribution in [3.63, 3.8) is 0 Å². The van der Waals surface area contributed by atoms with Gasteiger partial charge in [-0.25, -0.2) is 0 Å². The predicted molar refractivity (Wildman–Crippen MR) is 121 cm³/mol. The van der Waals surface area contributed by atoms with Crippen LogP contribution in [0.3, 0.4) is 0 Å². The van der Waals surface area contributed by atoms with E-state index in [-0.39, 0.29) is 16.6 Å². The van der Waals surface area contributed by atoms with Crippen LogP contribution < -0.4 is 5.32 Å². The molecule has 2 heterocycles. The third-order valence-electron chi connectivity index (χ3n) is 4.71. The van der Waals surface area contributed by atoms with E-state index in [2.05, 4.69) is 72.0 Å². The molecule has 0 fully saturated rings. The van der Waals surface area contributed by atoms with Gasteiger partial charge in [-0.15, -0.1) is 21.5 Å². The molecule has 2 aromatic heterocycles. The zero-order valence-electron chi connectivity index (χ0n) is 17.6. The van der Waals surface area contributed by atoms with E-state index in [0.717, 1.165) is 28.0 Å². The average molecular weight is 429 g/mol. The van der Waals surface area contributed by atoms with E-state index in [1.807, 2.05) is 24.4 Å². The summed E-state index contributed by atoms with van der Waals surface area (Å²) in [6.45, 7) is 11.9. The fraction of sp³-hybridized carbons (Fsp3) is 0.409. The number of hydrogen-bond acceptors (Lipinski definition) is 5. The van der Waals surface area contributed by atoms with Crippen molar-refractivity contribution in [1.82, 2.24) is 20.1 Å². The number of benzene rings is 1. The largest absolute Gasteiger partial charge is 0.350 e. The van der Waals surface area contributed by atoms with Gasteiger partial charge in [0, 0.05) is 17.0 Å². The summed E-state index contributed by atoms with van der Waals surface area (Å²) in [5, 5.41) is 14.3. The highest BCUT2D eigenvalue weighted by molar-refractivity contribution is 8.00. The summed E-state index contributed by atoms with van der Waals surface area (Å²) in [4.78, 5) is 13.6. The van der Waals surface area contributed by atoms with Crippen LogP contribution in [0.25, 0.3) is 11.4 Å². The smallest absolute Gasteiger partial charge is 0.233 e. The molecule has 3 rings (SSSR count). The van der Waals surface area contributed by atoms with Gasteiger partial charge < -0.3 is 9.88 Å². The molecule has 7 heteroatoms. The molecule has 0 aliphatic heterocycles. The molecule has 0 bridgehead atoms. The second-order valence-corrected chi connectivity index (χ2v) is 10.3. The lowest BCUT2D eigenvalue weighted by Crippen LogP contribution is -2.30. The number of nitrogens with zero attached hydrogens (tertiary/aromatic N) is 3. The zero-order chi connectivity index (χ0) is 21.0. The van der Waals surface area contributed by atoms with Gasteiger partial charge in [0.1, 0.15) is 0 Å². The lowest BCUT2D eigenvalue weighted by Gasteiger charge is -2.19. The van der Waals surface area contributed by atoms with Crippen LogP contribution >= 0.6 is 23.1 Å². The number of thioether (sulfide) groups is 1. The van der Waals surface area contributed by atoms with Crippen molar-refractivity contribution >= 4 is 29.0 Å². The second kappa shape index (κ2) is 9.13. The molecule has 0 aliphatic rings. The number of aromatic nitrogens is 3. The number of carbonyl (C=O) groups is 1. The topological polar surface area (TPSA) is 59.8 Å². The molecule has 29 heavy (non-hydrogen) atoms. The van der Waals surface area contributed by atoms with Crippen molar-refractivity contribution in [2.75, 3.05) is 0 Å². The van der Waals surface area contributed by atoms with E-state index in [4.69, 9.17) is 0 Å². The number of rotatable bonds is 7. The molecule has 0 saturated heterocycles. The van der Waals surface area contributed by atoms with E-state index < -0.39 is 0 Å². The highest BCUT2D eigenvalue weighted by atomic mass is 32.2. The minimum absolute atomic E-state index is 0.00475. The Morgan fingerprint density at radius 1 is 1.21 bits per heavy atom. The van der Waals surface area contributed by atoms with Crippen molar-refractivity contribution in [3.05, 3.63) is 52.2 Å². The number of carbonyl (C=O) groups excluding carboxylic acids is 1. The van der Waals surface area contributed by atoms with E-state index in [1.165, 1.54) is 17.3 Å². The summed E-state index contributed by atoms with van der Waals surface area (Å²) >= 11 is 3.09. The third kappa shape index (κ3) is 5.28. The highest BCUT2D eigenvalue weighted by Crippen LogP contribution is 2.29. The average Bonchev–Trinajstić information content (AvgIpc) is 3.35. The molecular weight excluding hydrogens is 400 g/mol. The van der Waals surface area contributed by atoms with Crippen LogP contribution in [0.4, 0.5) is 0 Å². The molecule has 1 unspecified atom stereocenters. The Kier molecular flexibility index (Phi) is 6.80. The first kappa shape index (κ1) is 21.6. The Hall–Kier alpha value is -2.12. The summed E-state index contributed by atoms with van der Waals surface area (Å²) in [5.41, 5.74) is 2.44. The van der Waals surface area contributed by atoms with Crippen LogP contribution in [-0.4, -0.2) is 25.9 Å². The number of amides is 1. The molecule has 1 N–H and O–H groups in total. The predicted octanol–water partition coefficient (Wildman–Crippen LogP) is 5.12. The molecule has 154 valence electrons. The summed E-state index contributed by atoms with van der Waals surface area (Å²) in [6.07, 6.45) is 0. The normalized spacial score (nSPS) is 12.7. The maximum absolute atomic E-state index is 12.5. The molecule has 3 aromatic rings. The number of thiophene rings is 1. The fourth-order valence-electron chi connectivity index (χ4n) is 2.94. The molecule has 0 aliphatic carbocycles. The quantitative estimate of drug-likeness (QED) is 0.531. The molecule has 1 aromatic carbocycles. The first-order valence-corrected chi connectivity index (χ1v) is 11.6. The standard InChI is InChI=1S/C22H28N4OS2/c1-6-26-19(16-9-11-17(12-10-16)22(3,4)5)24-25-21(26)29-15(2)20(27)23-14-18-8-7-13-28-18/h7-13,15H,6,14H2,1-5H3,(H,23,27). The Balaban J connectivity index is 1.71. The molecule has 0 spiro atoms. The van der Waals surface area contributed by atoms with Crippen molar-refractivity contribution in [2.45, 2.75) is 63.5 Å². The van der Waals surface area contributed by atoms with Crippen LogP contribution in [-0.2, 0) is 23.3 Å². The molecule has 5 nitrogen and oxygen atoms in total. The fourth-order valence-corrected chi connectivity index (χ4v) is 4.52. The van der Waals surface area contributed by atoms with Crippen LogP contribution in [0.1, 0.15) is 45.1 Å². The second-order valence-electron chi connectivity index (χ2n) is 7.94. The van der Waals surface area contributed by atoms with E-state index in [9.17, 15) is 4.79 Å². The third-order valence-corrected chi connectivity index (χ3v) is 6.67. The summed E-state index contributed by atoms with van der Waals surface area (Å²) in [5.74, 6) is 0.840. The van der Waals surface area contributed by atoms with E-state index in [0.29, 0.717) is 6.54 Å². The van der Waals surface area contributed by atoms with Crippen molar-refractivity contribution in [2.24, 2.45) is 0 Å². The molecular formula is C22H28N4OS2. The van der Waals surface area contributed by atoms with Gasteiger partial charge in [-0.3, -0.25) is 4.79 Å². The first-order valence-electron chi connectivity index (χ1n) is 9.80. The van der Waals surface area contributed by atoms with Gasteiger partial charge in [0.25, 0.3) is 0 Å². The van der Waals surface area contributed by atoms with Gasteiger partial charge in [0.15, 0.2) is 11.0 Å². The maximum Gasteiger partial charge on any atom is 0.233 e. The first-order chi connectivity index (χ1) is 13.8. The Bertz CT molecular complexity index is 940. The van der Waals surface area contributed by atoms with Crippen LogP contribution in [0, 0.1) is 0 Å². The van der Waals surface area contributed by atoms with Gasteiger partial charge in [-0.05, 0) is 36.3 Å². The van der Waals surface area contributed by atoms with Gasteiger partial charge in [-0.1, -0.05) is 62.9 Å². The molecule has 0 radical (unpaired) electrons. The van der Waals surface area contributed by atoms with Crippen molar-refractivity contribution in [1.29, 1.82) is 0 Å². The van der Waals surface area contributed by atoms with E-state index in [1.54, 1.807) is 11.3 Å². The van der Waals surface area contributed by atoms with Crippen LogP contribution in [0.15, 0.2) is 46.9 Å². The van der Waals surface area contributed by atoms with Crippen molar-refractivity contribution < 1.29 is 4.79 Å².